The summed E-state index contributed by atoms with van der Waals surface area (Å²) in [4.78, 5) is 23.3. The lowest BCUT2D eigenvalue weighted by molar-refractivity contribution is -0.151. The molecular weight excluding hydrogens is 376 g/mol. The summed E-state index contributed by atoms with van der Waals surface area (Å²) in [7, 11) is 0. The molecular formula is C22H38O7. The molecule has 2 unspecified atom stereocenters. The van der Waals surface area contributed by atoms with Gasteiger partial charge in [0.1, 0.15) is 6.10 Å². The molecule has 0 fully saturated rings. The summed E-state index contributed by atoms with van der Waals surface area (Å²) < 4.78 is 9.72. The van der Waals surface area contributed by atoms with Crippen LogP contribution in [0.4, 0.5) is 0 Å². The predicted octanol–water partition coefficient (Wildman–Crippen LogP) is 4.06. The van der Waals surface area contributed by atoms with Crippen LogP contribution >= 0.6 is 0 Å². The first-order chi connectivity index (χ1) is 14.0. The standard InChI is InChI=1S/C22H38O7/c1-2-3-4-5-6-7-8-9-10-11-12-13-14-15-18(25)28-21-19(26)22(27)29-20(21)17(24)16-23/h17,20,23-24,26H,2-16H2,1H3. The van der Waals surface area contributed by atoms with Gasteiger partial charge in [0.2, 0.25) is 11.5 Å². The minimum absolute atomic E-state index is 0.157. The minimum Gasteiger partial charge on any atom is -0.499 e. The molecule has 0 amide bonds. The van der Waals surface area contributed by atoms with Crippen molar-refractivity contribution in [2.45, 2.75) is 109 Å². The lowest BCUT2D eigenvalue weighted by atomic mass is 10.0. The molecule has 0 aliphatic carbocycles. The van der Waals surface area contributed by atoms with E-state index in [1.807, 2.05) is 0 Å². The number of cyclic esters (lactones) is 1. The van der Waals surface area contributed by atoms with Gasteiger partial charge in [-0.1, -0.05) is 84.0 Å². The van der Waals surface area contributed by atoms with E-state index < -0.39 is 42.3 Å². The average Bonchev–Trinajstić information content (AvgIpc) is 2.99. The maximum absolute atomic E-state index is 11.9. The SMILES string of the molecule is CCCCCCCCCCCCCCCC(=O)OC1=C(O)C(=O)OC1C(O)CO. The Bertz CT molecular complexity index is 515. The van der Waals surface area contributed by atoms with Crippen molar-refractivity contribution < 1.29 is 34.4 Å². The van der Waals surface area contributed by atoms with Crippen molar-refractivity contribution in [3.63, 3.8) is 0 Å². The molecule has 168 valence electrons. The van der Waals surface area contributed by atoms with Crippen molar-refractivity contribution in [2.24, 2.45) is 0 Å². The fraction of sp³-hybridized carbons (Fsp3) is 0.818. The molecule has 0 spiro atoms. The van der Waals surface area contributed by atoms with Gasteiger partial charge < -0.3 is 24.8 Å². The maximum Gasteiger partial charge on any atom is 0.378 e. The van der Waals surface area contributed by atoms with Crippen molar-refractivity contribution in [1.29, 1.82) is 0 Å². The van der Waals surface area contributed by atoms with Crippen LogP contribution in [0.3, 0.4) is 0 Å². The Balaban J connectivity index is 2.06. The highest BCUT2D eigenvalue weighted by atomic mass is 16.6. The average molecular weight is 415 g/mol. The third kappa shape index (κ3) is 10.1. The van der Waals surface area contributed by atoms with Crippen LogP contribution in [-0.4, -0.2) is 46.1 Å². The zero-order valence-corrected chi connectivity index (χ0v) is 17.7. The van der Waals surface area contributed by atoms with E-state index in [0.717, 1.165) is 19.3 Å². The predicted molar refractivity (Wildman–Crippen MR) is 109 cm³/mol. The van der Waals surface area contributed by atoms with E-state index in [1.165, 1.54) is 57.8 Å². The number of carbonyl (C=O) groups is 2. The van der Waals surface area contributed by atoms with Crippen LogP contribution in [0.1, 0.15) is 96.8 Å². The first-order valence-electron chi connectivity index (χ1n) is 11.1. The van der Waals surface area contributed by atoms with Crippen molar-refractivity contribution in [1.82, 2.24) is 0 Å². The summed E-state index contributed by atoms with van der Waals surface area (Å²) in [5.74, 6) is -2.92. The highest BCUT2D eigenvalue weighted by Gasteiger charge is 2.41. The summed E-state index contributed by atoms with van der Waals surface area (Å²) >= 11 is 0. The van der Waals surface area contributed by atoms with Crippen LogP contribution in [0.25, 0.3) is 0 Å². The Labute approximate surface area is 174 Å². The van der Waals surface area contributed by atoms with Gasteiger partial charge in [0.15, 0.2) is 6.10 Å². The zero-order valence-electron chi connectivity index (χ0n) is 17.7. The van der Waals surface area contributed by atoms with Gasteiger partial charge in [-0.25, -0.2) is 4.79 Å². The Morgan fingerprint density at radius 3 is 1.93 bits per heavy atom. The lowest BCUT2D eigenvalue weighted by Gasteiger charge is -2.17. The Kier molecular flexibility index (Phi) is 13.4. The minimum atomic E-state index is -1.46. The second kappa shape index (κ2) is 15.3. The molecule has 1 rings (SSSR count). The second-order valence-corrected chi connectivity index (χ2v) is 7.76. The topological polar surface area (TPSA) is 113 Å². The Hall–Kier alpha value is -1.60. The van der Waals surface area contributed by atoms with Gasteiger partial charge in [-0.15, -0.1) is 0 Å². The van der Waals surface area contributed by atoms with Crippen molar-refractivity contribution in [3.8, 4) is 0 Å². The number of esters is 2. The van der Waals surface area contributed by atoms with Crippen molar-refractivity contribution in [2.75, 3.05) is 6.61 Å². The molecule has 1 heterocycles. The normalized spacial score (nSPS) is 17.5. The van der Waals surface area contributed by atoms with Gasteiger partial charge in [0.25, 0.3) is 0 Å². The van der Waals surface area contributed by atoms with Crippen LogP contribution < -0.4 is 0 Å². The van der Waals surface area contributed by atoms with Crippen LogP contribution in [-0.2, 0) is 19.1 Å². The first kappa shape index (κ1) is 25.4. The summed E-state index contributed by atoms with van der Waals surface area (Å²) in [6.45, 7) is 1.54. The second-order valence-electron chi connectivity index (χ2n) is 7.76. The molecule has 0 radical (unpaired) electrons. The van der Waals surface area contributed by atoms with Gasteiger partial charge in [-0.05, 0) is 6.42 Å². The number of carbonyl (C=O) groups excluding carboxylic acids is 2. The molecule has 0 saturated heterocycles. The largest absolute Gasteiger partial charge is 0.499 e. The number of aliphatic hydroxyl groups excluding tert-OH is 3. The summed E-state index contributed by atoms with van der Waals surface area (Å²) in [5, 5.41) is 28.2. The molecule has 1 aliphatic rings. The monoisotopic (exact) mass is 414 g/mol. The highest BCUT2D eigenvalue weighted by Crippen LogP contribution is 2.25. The molecule has 0 bridgehead atoms. The zero-order chi connectivity index (χ0) is 21.5. The molecule has 2 atom stereocenters. The van der Waals surface area contributed by atoms with Crippen LogP contribution in [0.15, 0.2) is 11.5 Å². The van der Waals surface area contributed by atoms with E-state index in [0.29, 0.717) is 6.42 Å². The van der Waals surface area contributed by atoms with E-state index in [1.54, 1.807) is 0 Å². The van der Waals surface area contributed by atoms with Gasteiger partial charge in [-0.3, -0.25) is 4.79 Å². The van der Waals surface area contributed by atoms with E-state index in [9.17, 15) is 19.8 Å². The van der Waals surface area contributed by atoms with Crippen LogP contribution in [0, 0.1) is 0 Å². The molecule has 0 saturated carbocycles. The van der Waals surface area contributed by atoms with E-state index in [4.69, 9.17) is 14.6 Å². The van der Waals surface area contributed by atoms with Gasteiger partial charge in [0.05, 0.1) is 6.61 Å². The summed E-state index contributed by atoms with van der Waals surface area (Å²) in [5.41, 5.74) is 0. The number of ether oxygens (including phenoxy) is 2. The summed E-state index contributed by atoms with van der Waals surface area (Å²) in [6.07, 6.45) is 13.0. The number of aliphatic hydroxyl groups is 3. The van der Waals surface area contributed by atoms with Gasteiger partial charge in [0, 0.05) is 6.42 Å². The van der Waals surface area contributed by atoms with Crippen molar-refractivity contribution >= 4 is 11.9 Å². The third-order valence-corrected chi connectivity index (χ3v) is 5.16. The first-order valence-corrected chi connectivity index (χ1v) is 11.1. The summed E-state index contributed by atoms with van der Waals surface area (Å²) in [6, 6.07) is 0. The molecule has 29 heavy (non-hydrogen) atoms. The number of rotatable bonds is 17. The number of hydrogen-bond acceptors (Lipinski definition) is 7. The van der Waals surface area contributed by atoms with Crippen molar-refractivity contribution in [3.05, 3.63) is 11.5 Å². The lowest BCUT2D eigenvalue weighted by Crippen LogP contribution is -2.33. The Morgan fingerprint density at radius 1 is 0.966 bits per heavy atom. The highest BCUT2D eigenvalue weighted by molar-refractivity contribution is 5.90. The smallest absolute Gasteiger partial charge is 0.378 e. The maximum atomic E-state index is 11.9. The number of unbranched alkanes of at least 4 members (excludes halogenated alkanes) is 12. The number of hydrogen-bond donors (Lipinski definition) is 3. The van der Waals surface area contributed by atoms with Gasteiger partial charge in [-0.2, -0.15) is 0 Å². The molecule has 0 aromatic heterocycles. The van der Waals surface area contributed by atoms with Crippen LogP contribution in [0.5, 0.6) is 0 Å². The molecule has 7 heteroatoms. The Morgan fingerprint density at radius 2 is 1.45 bits per heavy atom. The molecule has 7 nitrogen and oxygen atoms in total. The third-order valence-electron chi connectivity index (χ3n) is 5.16. The molecule has 0 aromatic rings. The van der Waals surface area contributed by atoms with E-state index in [2.05, 4.69) is 6.92 Å². The fourth-order valence-electron chi connectivity index (χ4n) is 3.38. The fourth-order valence-corrected chi connectivity index (χ4v) is 3.38. The van der Waals surface area contributed by atoms with E-state index >= 15 is 0 Å². The quantitative estimate of drug-likeness (QED) is 0.243. The van der Waals surface area contributed by atoms with Crippen LogP contribution in [0.2, 0.25) is 0 Å². The van der Waals surface area contributed by atoms with E-state index in [-0.39, 0.29) is 6.42 Å². The molecule has 0 aromatic carbocycles. The molecule has 1 aliphatic heterocycles. The van der Waals surface area contributed by atoms with Gasteiger partial charge >= 0.3 is 11.9 Å². The molecule has 3 N–H and O–H groups in total.